The predicted octanol–water partition coefficient (Wildman–Crippen LogP) is 1.92. The maximum absolute atomic E-state index is 4.69. The smallest absolute Gasteiger partial charge is 0.124 e. The van der Waals surface area contributed by atoms with E-state index in [0.717, 1.165) is 25.5 Å². The average molecular weight is 250 g/mol. The number of aliphatic imine (C=N–C) groups is 2. The Morgan fingerprint density at radius 3 is 2.28 bits per heavy atom. The Bertz CT molecular complexity index is 382. The van der Waals surface area contributed by atoms with Crippen LogP contribution in [0.4, 0.5) is 0 Å². The van der Waals surface area contributed by atoms with Crippen molar-refractivity contribution in [1.29, 1.82) is 0 Å². The van der Waals surface area contributed by atoms with Crippen LogP contribution in [0.5, 0.6) is 0 Å². The van der Waals surface area contributed by atoms with Crippen molar-refractivity contribution in [3.8, 4) is 0 Å². The van der Waals surface area contributed by atoms with E-state index in [2.05, 4.69) is 61.7 Å². The van der Waals surface area contributed by atoms with Gasteiger partial charge in [-0.15, -0.1) is 0 Å². The van der Waals surface area contributed by atoms with E-state index in [1.807, 2.05) is 0 Å². The van der Waals surface area contributed by atoms with Gasteiger partial charge in [-0.1, -0.05) is 20.8 Å². The molecule has 2 aliphatic rings. The molecular formula is C14H26N4. The van der Waals surface area contributed by atoms with Crippen LogP contribution in [0, 0.1) is 5.41 Å². The van der Waals surface area contributed by atoms with Gasteiger partial charge in [-0.25, -0.2) is 0 Å². The Morgan fingerprint density at radius 1 is 1.11 bits per heavy atom. The molecule has 4 nitrogen and oxygen atoms in total. The van der Waals surface area contributed by atoms with Crippen LogP contribution in [-0.4, -0.2) is 47.8 Å². The molecule has 2 heterocycles. The summed E-state index contributed by atoms with van der Waals surface area (Å²) in [5, 5.41) is 3.55. The van der Waals surface area contributed by atoms with Gasteiger partial charge in [0.25, 0.3) is 0 Å². The molecule has 1 atom stereocenters. The molecule has 1 unspecified atom stereocenters. The van der Waals surface area contributed by atoms with Crippen LogP contribution < -0.4 is 5.32 Å². The lowest BCUT2D eigenvalue weighted by Gasteiger charge is -2.36. The van der Waals surface area contributed by atoms with Crippen LogP contribution in [0.15, 0.2) is 9.98 Å². The van der Waals surface area contributed by atoms with Crippen molar-refractivity contribution < 1.29 is 0 Å². The van der Waals surface area contributed by atoms with Gasteiger partial charge in [0.2, 0.25) is 0 Å². The highest BCUT2D eigenvalue weighted by Gasteiger charge is 2.36. The molecule has 0 aromatic rings. The zero-order valence-corrected chi connectivity index (χ0v) is 12.5. The minimum atomic E-state index is 0.0977. The summed E-state index contributed by atoms with van der Waals surface area (Å²) in [6.07, 6.45) is 0. The summed E-state index contributed by atoms with van der Waals surface area (Å²) >= 11 is 0. The molecule has 18 heavy (non-hydrogen) atoms. The number of rotatable bonds is 1. The molecule has 0 aliphatic carbocycles. The SMILES string of the molecule is CC(C)(C)C1=NCC(C2=NCCN2C(C)(C)C)N1. The predicted molar refractivity (Wildman–Crippen MR) is 77.4 cm³/mol. The lowest BCUT2D eigenvalue weighted by molar-refractivity contribution is 0.250. The van der Waals surface area contributed by atoms with E-state index >= 15 is 0 Å². The van der Waals surface area contributed by atoms with Gasteiger partial charge in [0.05, 0.1) is 13.1 Å². The fourth-order valence-electron chi connectivity index (χ4n) is 2.48. The average Bonchev–Trinajstić information content (AvgIpc) is 2.84. The highest BCUT2D eigenvalue weighted by Crippen LogP contribution is 2.23. The molecule has 0 saturated heterocycles. The molecule has 0 saturated carbocycles. The maximum atomic E-state index is 4.69. The standard InChI is InChI=1S/C14H26N4/c1-13(2,3)12-16-9-10(17-12)11-15-7-8-18(11)14(4,5)6/h10H,7-9H2,1-6H3,(H,16,17). The van der Waals surface area contributed by atoms with Crippen LogP contribution >= 0.6 is 0 Å². The summed E-state index contributed by atoms with van der Waals surface area (Å²) in [7, 11) is 0. The van der Waals surface area contributed by atoms with Crippen LogP contribution in [0.1, 0.15) is 41.5 Å². The largest absolute Gasteiger partial charge is 0.362 e. The molecule has 0 fully saturated rings. The molecule has 0 bridgehead atoms. The topological polar surface area (TPSA) is 40.0 Å². The van der Waals surface area contributed by atoms with Gasteiger partial charge in [0.1, 0.15) is 17.7 Å². The lowest BCUT2D eigenvalue weighted by atomic mass is 9.95. The van der Waals surface area contributed by atoms with E-state index in [0.29, 0.717) is 0 Å². The van der Waals surface area contributed by atoms with Crippen LogP contribution in [0.2, 0.25) is 0 Å². The third-order valence-electron chi connectivity index (χ3n) is 3.45. The van der Waals surface area contributed by atoms with Gasteiger partial charge < -0.3 is 10.2 Å². The summed E-state index contributed by atoms with van der Waals surface area (Å²) in [6, 6.07) is 0.265. The van der Waals surface area contributed by atoms with Gasteiger partial charge >= 0.3 is 0 Å². The number of amidine groups is 2. The number of nitrogens with zero attached hydrogens (tertiary/aromatic N) is 3. The molecule has 102 valence electrons. The molecule has 0 aromatic heterocycles. The molecule has 2 aliphatic heterocycles. The first-order chi connectivity index (χ1) is 8.19. The first-order valence-corrected chi connectivity index (χ1v) is 6.83. The summed E-state index contributed by atoms with van der Waals surface area (Å²) in [4.78, 5) is 11.7. The fourth-order valence-corrected chi connectivity index (χ4v) is 2.48. The minimum absolute atomic E-state index is 0.0977. The second kappa shape index (κ2) is 4.25. The summed E-state index contributed by atoms with van der Waals surface area (Å²) in [6.45, 7) is 16.1. The number of nitrogens with one attached hydrogen (secondary N) is 1. The zero-order valence-electron chi connectivity index (χ0n) is 12.5. The van der Waals surface area contributed by atoms with E-state index in [1.54, 1.807) is 0 Å². The first kappa shape index (κ1) is 13.4. The van der Waals surface area contributed by atoms with Gasteiger partial charge in [-0.2, -0.15) is 0 Å². The summed E-state index contributed by atoms with van der Waals surface area (Å²) in [5.74, 6) is 2.29. The lowest BCUT2D eigenvalue weighted by Crippen LogP contribution is -2.52. The van der Waals surface area contributed by atoms with Crippen molar-refractivity contribution in [2.75, 3.05) is 19.6 Å². The molecular weight excluding hydrogens is 224 g/mol. The number of hydrogen-bond acceptors (Lipinski definition) is 4. The molecule has 0 radical (unpaired) electrons. The molecule has 4 heteroatoms. The fraction of sp³-hybridized carbons (Fsp3) is 0.857. The second-order valence-corrected chi connectivity index (χ2v) is 7.20. The van der Waals surface area contributed by atoms with Crippen molar-refractivity contribution in [3.63, 3.8) is 0 Å². The first-order valence-electron chi connectivity index (χ1n) is 6.83. The zero-order chi connectivity index (χ0) is 13.6. The van der Waals surface area contributed by atoms with Gasteiger partial charge in [-0.05, 0) is 20.8 Å². The van der Waals surface area contributed by atoms with Crippen LogP contribution in [0.3, 0.4) is 0 Å². The van der Waals surface area contributed by atoms with Crippen molar-refractivity contribution in [3.05, 3.63) is 0 Å². The monoisotopic (exact) mass is 250 g/mol. The van der Waals surface area contributed by atoms with E-state index in [4.69, 9.17) is 0 Å². The quantitative estimate of drug-likeness (QED) is 0.772. The normalized spacial score (nSPS) is 25.0. The number of hydrogen-bond donors (Lipinski definition) is 1. The molecule has 0 aromatic carbocycles. The van der Waals surface area contributed by atoms with Crippen LogP contribution in [0.25, 0.3) is 0 Å². The Kier molecular flexibility index (Phi) is 3.16. The van der Waals surface area contributed by atoms with Crippen molar-refractivity contribution >= 4 is 11.7 Å². The Morgan fingerprint density at radius 2 is 1.78 bits per heavy atom. The third-order valence-corrected chi connectivity index (χ3v) is 3.45. The Hall–Kier alpha value is -1.06. The Labute approximate surface area is 111 Å². The summed E-state index contributed by atoms with van der Waals surface area (Å²) < 4.78 is 0. The highest BCUT2D eigenvalue weighted by molar-refractivity contribution is 5.98. The van der Waals surface area contributed by atoms with Crippen molar-refractivity contribution in [2.24, 2.45) is 15.4 Å². The van der Waals surface area contributed by atoms with Crippen molar-refractivity contribution in [2.45, 2.75) is 53.1 Å². The van der Waals surface area contributed by atoms with Crippen molar-refractivity contribution in [1.82, 2.24) is 10.2 Å². The highest BCUT2D eigenvalue weighted by atomic mass is 15.3. The van der Waals surface area contributed by atoms with E-state index in [-0.39, 0.29) is 17.0 Å². The molecule has 0 spiro atoms. The molecule has 2 rings (SSSR count). The minimum Gasteiger partial charge on any atom is -0.362 e. The third kappa shape index (κ3) is 2.52. The maximum Gasteiger partial charge on any atom is 0.124 e. The molecule has 0 amide bonds. The molecule has 1 N–H and O–H groups in total. The van der Waals surface area contributed by atoms with Crippen LogP contribution in [-0.2, 0) is 0 Å². The van der Waals surface area contributed by atoms with E-state index in [9.17, 15) is 0 Å². The van der Waals surface area contributed by atoms with Gasteiger partial charge in [0.15, 0.2) is 0 Å². The van der Waals surface area contributed by atoms with E-state index in [1.165, 1.54) is 5.84 Å². The van der Waals surface area contributed by atoms with Gasteiger partial charge in [0, 0.05) is 17.5 Å². The van der Waals surface area contributed by atoms with Gasteiger partial charge in [-0.3, -0.25) is 9.98 Å². The van der Waals surface area contributed by atoms with E-state index < -0.39 is 0 Å². The second-order valence-electron chi connectivity index (χ2n) is 7.20. The Balaban J connectivity index is 2.08. The summed E-state index contributed by atoms with van der Waals surface area (Å²) in [5.41, 5.74) is 0.238.